The lowest BCUT2D eigenvalue weighted by molar-refractivity contribution is -0.667. The summed E-state index contributed by atoms with van der Waals surface area (Å²) < 4.78 is 17.9. The highest BCUT2D eigenvalue weighted by molar-refractivity contribution is 8.01. The van der Waals surface area contributed by atoms with Crippen molar-refractivity contribution >= 4 is 81.1 Å². The quantitative estimate of drug-likeness (QED) is 0.00954. The number of aromatic nitrogens is 3. The predicted octanol–water partition coefficient (Wildman–Crippen LogP) is 3.15. The van der Waals surface area contributed by atoms with Crippen molar-refractivity contribution in [3.63, 3.8) is 0 Å². The molecule has 386 valence electrons. The number of benzene rings is 4. The van der Waals surface area contributed by atoms with E-state index in [2.05, 4.69) is 20.8 Å². The fourth-order valence-corrected chi connectivity index (χ4v) is 11.1. The minimum Gasteiger partial charge on any atom is -1.00 e. The van der Waals surface area contributed by atoms with E-state index in [-0.39, 0.29) is 64.4 Å². The van der Waals surface area contributed by atoms with Gasteiger partial charge in [-0.3, -0.25) is 20.3 Å². The lowest BCUT2D eigenvalue weighted by Crippen LogP contribution is -3.00. The summed E-state index contributed by atoms with van der Waals surface area (Å²) in [6.07, 6.45) is 0. The molecule has 2 aliphatic heterocycles. The number of nitrogens with one attached hydrogen (secondary N) is 2. The minimum atomic E-state index is -1.67. The van der Waals surface area contributed by atoms with Crippen molar-refractivity contribution in [3.8, 4) is 5.75 Å². The van der Waals surface area contributed by atoms with Gasteiger partial charge in [-0.15, -0.1) is 27.8 Å². The average Bonchev–Trinajstić information content (AvgIpc) is 3.85. The maximum absolute atomic E-state index is 14.7. The van der Waals surface area contributed by atoms with E-state index in [1.54, 1.807) is 57.5 Å². The van der Waals surface area contributed by atoms with Gasteiger partial charge in [-0.1, -0.05) is 113 Å². The molecule has 18 nitrogen and oxygen atoms in total. The number of nitrogens with two attached hydrogens (primary N) is 3. The first-order valence-corrected chi connectivity index (χ1v) is 25.8. The molecule has 0 aliphatic carbocycles. The minimum absolute atomic E-state index is 0. The van der Waals surface area contributed by atoms with Crippen LogP contribution in [0.2, 0.25) is 0 Å². The first kappa shape index (κ1) is 54.4. The normalized spacial score (nSPS) is 15.7. The summed E-state index contributed by atoms with van der Waals surface area (Å²) in [6, 6.07) is 37.1. The summed E-state index contributed by atoms with van der Waals surface area (Å²) in [5.74, 6) is 4.63. The molecule has 1 saturated heterocycles. The maximum atomic E-state index is 14.7. The number of amides is 2. The monoisotopic (exact) mass is 1080 g/mol. The summed E-state index contributed by atoms with van der Waals surface area (Å²) in [5, 5.41) is 12.4. The fraction of sp³-hybridized carbons (Fsp3) is 0.269. The molecule has 0 spiro atoms. The van der Waals surface area contributed by atoms with Crippen LogP contribution in [-0.2, 0) is 45.6 Å². The van der Waals surface area contributed by atoms with E-state index in [0.29, 0.717) is 22.0 Å². The molecule has 4 heterocycles. The molecular formula is C52H55ClN10O8S3. The molecule has 0 bridgehead atoms. The number of anilines is 3. The van der Waals surface area contributed by atoms with Gasteiger partial charge in [0.2, 0.25) is 17.2 Å². The third-order valence-electron chi connectivity index (χ3n) is 11.6. The Morgan fingerprint density at radius 1 is 0.878 bits per heavy atom. The zero-order valence-corrected chi connectivity index (χ0v) is 44.4. The Morgan fingerprint density at radius 2 is 1.47 bits per heavy atom. The molecule has 2 amide bonds. The van der Waals surface area contributed by atoms with Gasteiger partial charge < -0.3 is 53.6 Å². The second-order valence-electron chi connectivity index (χ2n) is 18.3. The molecule has 6 aromatic rings. The van der Waals surface area contributed by atoms with E-state index in [1.807, 2.05) is 91.0 Å². The Balaban J connectivity index is 0.00000800. The van der Waals surface area contributed by atoms with E-state index in [1.165, 1.54) is 64.4 Å². The molecule has 2 aliphatic rings. The molecule has 1 fully saturated rings. The van der Waals surface area contributed by atoms with E-state index in [4.69, 9.17) is 41.3 Å². The van der Waals surface area contributed by atoms with Crippen LogP contribution in [0.3, 0.4) is 0 Å². The number of carbonyl (C=O) groups excluding carboxylic acids is 4. The van der Waals surface area contributed by atoms with E-state index >= 15 is 0 Å². The highest BCUT2D eigenvalue weighted by atomic mass is 35.5. The van der Waals surface area contributed by atoms with Crippen molar-refractivity contribution in [1.82, 2.24) is 20.2 Å². The van der Waals surface area contributed by atoms with Crippen LogP contribution in [0.4, 0.5) is 16.8 Å². The summed E-state index contributed by atoms with van der Waals surface area (Å²) in [6.45, 7) is 8.00. The van der Waals surface area contributed by atoms with Crippen molar-refractivity contribution < 1.29 is 55.3 Å². The zero-order chi connectivity index (χ0) is 52.1. The molecule has 2 unspecified atom stereocenters. The van der Waals surface area contributed by atoms with Crippen molar-refractivity contribution in [1.29, 1.82) is 0 Å². The number of esters is 2. The van der Waals surface area contributed by atoms with Crippen LogP contribution in [0, 0.1) is 0 Å². The number of rotatable bonds is 18. The van der Waals surface area contributed by atoms with Crippen LogP contribution in [0.5, 0.6) is 5.75 Å². The standard InChI is InChI=1S/C52H54N10O8S3.ClH/c1-50(2,3)69-47(66)51(4,5)70-60-40(37-30-72-48(56-37)59-52(33-16-10-7-11-17-33,34-18-12-8-13-19-34)35-20-14-9-15-21-35)43(63)58-41-44(64)61-42(46(65)68-27-31-22-24-36(67-6)25-23-31)32(28-71-45(41)61)29-73-49-57-38(53)26-39(54)62(49)55;/h7-26,30,41,45H,27-29,55H2,1-6H3,(H5,53,54,56,58,59,63);1H/b60-40-;. The summed E-state index contributed by atoms with van der Waals surface area (Å²) in [4.78, 5) is 73.1. The number of fused-ring (bicyclic) bond motifs is 1. The first-order chi connectivity index (χ1) is 34.9. The van der Waals surface area contributed by atoms with Crippen molar-refractivity contribution in [2.45, 2.75) is 74.5 Å². The summed E-state index contributed by atoms with van der Waals surface area (Å²) in [7, 11) is 1.55. The molecule has 22 heteroatoms. The first-order valence-electron chi connectivity index (χ1n) is 22.9. The van der Waals surface area contributed by atoms with E-state index in [0.717, 1.165) is 16.7 Å². The topological polar surface area (TPSA) is 253 Å². The fourth-order valence-electron chi connectivity index (χ4n) is 7.90. The largest absolute Gasteiger partial charge is 1.00 e. The molecule has 0 radical (unpaired) electrons. The summed E-state index contributed by atoms with van der Waals surface area (Å²) >= 11 is 3.72. The maximum Gasteiger partial charge on any atom is 0.355 e. The van der Waals surface area contributed by atoms with Crippen LogP contribution >= 0.6 is 34.9 Å². The van der Waals surface area contributed by atoms with Crippen LogP contribution in [-0.4, -0.2) is 85.6 Å². The second kappa shape index (κ2) is 22.8. The zero-order valence-electron chi connectivity index (χ0n) is 41.2. The Kier molecular flexibility index (Phi) is 16.8. The van der Waals surface area contributed by atoms with Gasteiger partial charge in [0, 0.05) is 16.9 Å². The van der Waals surface area contributed by atoms with Crippen LogP contribution in [0.1, 0.15) is 62.6 Å². The number of halogens is 1. The van der Waals surface area contributed by atoms with Gasteiger partial charge in [0.25, 0.3) is 11.8 Å². The number of carbonyl (C=O) groups is 4. The third-order valence-corrected chi connectivity index (χ3v) is 14.7. The van der Waals surface area contributed by atoms with Gasteiger partial charge in [-0.05, 0) is 86.3 Å². The smallest absolute Gasteiger partial charge is 0.355 e. The average molecular weight is 1080 g/mol. The van der Waals surface area contributed by atoms with Gasteiger partial charge in [0.05, 0.1) is 13.2 Å². The predicted molar refractivity (Wildman–Crippen MR) is 281 cm³/mol. The third kappa shape index (κ3) is 11.9. The van der Waals surface area contributed by atoms with Gasteiger partial charge in [-0.2, -0.15) is 0 Å². The highest BCUT2D eigenvalue weighted by Crippen LogP contribution is 2.43. The number of thiazole rings is 1. The molecule has 4 aromatic carbocycles. The number of hydrogen-bond acceptors (Lipinski definition) is 18. The van der Waals surface area contributed by atoms with Gasteiger partial charge in [0.15, 0.2) is 10.8 Å². The van der Waals surface area contributed by atoms with Crippen molar-refractivity contribution in [3.05, 3.63) is 166 Å². The molecule has 2 aromatic heterocycles. The lowest BCUT2D eigenvalue weighted by Gasteiger charge is -2.49. The van der Waals surface area contributed by atoms with E-state index in [9.17, 15) is 19.2 Å². The molecule has 8 rings (SSSR count). The number of thioether (sulfide) groups is 2. The molecule has 74 heavy (non-hydrogen) atoms. The highest BCUT2D eigenvalue weighted by Gasteiger charge is 2.55. The second-order valence-corrected chi connectivity index (χ2v) is 21.2. The molecule has 0 saturated carbocycles. The van der Waals surface area contributed by atoms with Crippen LogP contribution in [0.25, 0.3) is 0 Å². The van der Waals surface area contributed by atoms with E-state index < -0.39 is 51.9 Å². The number of β-lactam (4-membered cyclic amide) rings is 1. The molecular weight excluding hydrogens is 1020 g/mol. The van der Waals surface area contributed by atoms with Crippen LogP contribution < -0.4 is 49.8 Å². The molecule has 8 N–H and O–H groups in total. The Morgan fingerprint density at radius 3 is 2.04 bits per heavy atom. The number of oxime groups is 1. The number of hydrogen-bond donors (Lipinski definition) is 5. The Labute approximate surface area is 446 Å². The Hall–Kier alpha value is -7.33. The van der Waals surface area contributed by atoms with Gasteiger partial charge >= 0.3 is 17.1 Å². The number of nitrogens with zero attached hydrogens (tertiary/aromatic N) is 5. The van der Waals surface area contributed by atoms with Crippen LogP contribution in [0.15, 0.2) is 148 Å². The van der Waals surface area contributed by atoms with Crippen molar-refractivity contribution in [2.75, 3.05) is 41.2 Å². The summed E-state index contributed by atoms with van der Waals surface area (Å²) in [5.41, 5.74) is 12.3. The molecule has 2 atom stereocenters. The lowest BCUT2D eigenvalue weighted by atomic mass is 9.77. The van der Waals surface area contributed by atoms with Crippen molar-refractivity contribution in [2.24, 2.45) is 5.16 Å². The SMILES string of the molecule is COc1ccc(COC(=O)C2=C(CSc3nc(N)cc(N)[n+]3N)CSC3C(NC(=O)/C(=N\OC(C)(C)C(=O)OC(C)(C)C)c4csc(NC(c5ccccc5)(c5ccccc5)c5ccccc5)n4)C(=O)N23)cc1.[Cl-]. The number of nitrogen functional groups attached to an aromatic ring is 3. The number of methoxy groups -OCH3 is 1. The Bertz CT molecular complexity index is 2970. The number of ether oxygens (including phenoxy) is 3. The van der Waals surface area contributed by atoms with Gasteiger partial charge in [-0.25, -0.2) is 14.6 Å². The van der Waals surface area contributed by atoms with Gasteiger partial charge in [0.1, 0.15) is 46.3 Å².